The van der Waals surface area contributed by atoms with Crippen LogP contribution in [0.1, 0.15) is 66.3 Å². The summed E-state index contributed by atoms with van der Waals surface area (Å²) in [5.74, 6) is 2.17. The van der Waals surface area contributed by atoms with Crippen molar-refractivity contribution in [2.45, 2.75) is 52.6 Å². The first kappa shape index (κ1) is 20.8. The predicted molar refractivity (Wildman–Crippen MR) is 130 cm³/mol. The van der Waals surface area contributed by atoms with E-state index in [1.54, 1.807) is 11.3 Å². The molecule has 4 nitrogen and oxygen atoms in total. The van der Waals surface area contributed by atoms with Crippen molar-refractivity contribution in [2.75, 3.05) is 5.32 Å². The summed E-state index contributed by atoms with van der Waals surface area (Å²) >= 11 is 5.26. The first-order valence-electron chi connectivity index (χ1n) is 10.9. The second kappa shape index (κ2) is 7.82. The van der Waals surface area contributed by atoms with E-state index in [2.05, 4.69) is 47.3 Å². The summed E-state index contributed by atoms with van der Waals surface area (Å²) in [5, 5.41) is 7.62. The van der Waals surface area contributed by atoms with Gasteiger partial charge in [0, 0.05) is 14.9 Å². The number of hydrogen-bond donors (Lipinski definition) is 2. The van der Waals surface area contributed by atoms with Crippen molar-refractivity contribution in [1.82, 2.24) is 5.32 Å². The number of hydrogen-bond acceptors (Lipinski definition) is 4. The van der Waals surface area contributed by atoms with Crippen LogP contribution >= 0.6 is 27.3 Å². The second-order valence-electron chi connectivity index (χ2n) is 9.25. The first-order valence-corrected chi connectivity index (χ1v) is 12.5. The van der Waals surface area contributed by atoms with Gasteiger partial charge in [-0.05, 0) is 60.4 Å². The summed E-state index contributed by atoms with van der Waals surface area (Å²) in [6.07, 6.45) is 4.04. The Hall–Kier alpha value is -2.05. The SMILES string of the molecule is CCC(C)(C)[C@H]1CCc2c(sc3c2C(=O)N[C@@H](c2ccc(-c4cccc(Br)c4)o2)N3)C1. The van der Waals surface area contributed by atoms with Crippen molar-refractivity contribution in [2.24, 2.45) is 11.3 Å². The lowest BCUT2D eigenvalue weighted by Gasteiger charge is -2.36. The lowest BCUT2D eigenvalue weighted by atomic mass is 9.69. The third-order valence-corrected chi connectivity index (χ3v) is 8.76. The van der Waals surface area contributed by atoms with E-state index in [4.69, 9.17) is 4.42 Å². The monoisotopic (exact) mass is 498 g/mol. The van der Waals surface area contributed by atoms with Crippen LogP contribution in [0.2, 0.25) is 0 Å². The zero-order valence-electron chi connectivity index (χ0n) is 18.0. The van der Waals surface area contributed by atoms with Crippen LogP contribution in [0.15, 0.2) is 45.3 Å². The molecule has 0 saturated heterocycles. The van der Waals surface area contributed by atoms with Gasteiger partial charge in [-0.2, -0.15) is 0 Å². The molecule has 3 heterocycles. The summed E-state index contributed by atoms with van der Waals surface area (Å²) in [5.41, 5.74) is 3.43. The molecule has 5 rings (SSSR count). The minimum absolute atomic E-state index is 0.00450. The van der Waals surface area contributed by atoms with E-state index in [0.717, 1.165) is 45.6 Å². The Morgan fingerprint density at radius 1 is 1.23 bits per heavy atom. The van der Waals surface area contributed by atoms with Crippen molar-refractivity contribution in [3.05, 3.63) is 62.6 Å². The lowest BCUT2D eigenvalue weighted by molar-refractivity contribution is 0.0930. The highest BCUT2D eigenvalue weighted by Gasteiger charge is 2.37. The summed E-state index contributed by atoms with van der Waals surface area (Å²) in [7, 11) is 0. The molecule has 162 valence electrons. The number of rotatable bonds is 4. The molecule has 2 aliphatic rings. The number of halogens is 1. The third-order valence-electron chi connectivity index (χ3n) is 7.08. The van der Waals surface area contributed by atoms with E-state index in [1.807, 2.05) is 36.4 Å². The molecule has 2 atom stereocenters. The Balaban J connectivity index is 1.40. The molecule has 0 fully saturated rings. The molecule has 1 aliphatic heterocycles. The van der Waals surface area contributed by atoms with E-state index in [0.29, 0.717) is 17.1 Å². The second-order valence-corrected chi connectivity index (χ2v) is 11.3. The molecule has 1 amide bonds. The van der Waals surface area contributed by atoms with Crippen LogP contribution in [-0.4, -0.2) is 5.91 Å². The van der Waals surface area contributed by atoms with Gasteiger partial charge >= 0.3 is 0 Å². The number of furan rings is 1. The van der Waals surface area contributed by atoms with Gasteiger partial charge in [0.15, 0.2) is 6.17 Å². The van der Waals surface area contributed by atoms with E-state index >= 15 is 0 Å². The Morgan fingerprint density at radius 3 is 2.84 bits per heavy atom. The molecule has 1 aliphatic carbocycles. The van der Waals surface area contributed by atoms with Gasteiger partial charge in [0.25, 0.3) is 5.91 Å². The minimum atomic E-state index is -0.358. The molecule has 0 spiro atoms. The topological polar surface area (TPSA) is 54.3 Å². The average Bonchev–Trinajstić information content (AvgIpc) is 3.38. The van der Waals surface area contributed by atoms with Crippen molar-refractivity contribution >= 4 is 38.2 Å². The zero-order chi connectivity index (χ0) is 21.8. The quantitative estimate of drug-likeness (QED) is 0.400. The number of benzene rings is 1. The fourth-order valence-electron chi connectivity index (χ4n) is 4.70. The number of carbonyl (C=O) groups is 1. The van der Waals surface area contributed by atoms with Crippen LogP contribution in [0.25, 0.3) is 11.3 Å². The number of thiophene rings is 1. The van der Waals surface area contributed by atoms with Crippen molar-refractivity contribution in [1.29, 1.82) is 0 Å². The maximum absolute atomic E-state index is 13.1. The lowest BCUT2D eigenvalue weighted by Crippen LogP contribution is -2.38. The standard InChI is InChI=1S/C25H27BrN2O2S/c1-4-25(2,3)15-8-9-17-20(13-15)31-24-21(17)23(29)27-22(28-24)19-11-10-18(30-19)14-6-5-7-16(26)12-14/h5-7,10-12,15,22,28H,4,8-9,13H2,1-3H3,(H,27,29)/t15-,22+/m0/s1. The van der Waals surface area contributed by atoms with Gasteiger partial charge in [-0.1, -0.05) is 55.3 Å². The summed E-state index contributed by atoms with van der Waals surface area (Å²) in [4.78, 5) is 14.4. The Labute approximate surface area is 195 Å². The average molecular weight is 499 g/mol. The normalized spacial score (nSPS) is 20.6. The Bertz CT molecular complexity index is 1150. The number of fused-ring (bicyclic) bond motifs is 3. The Morgan fingerprint density at radius 2 is 2.06 bits per heavy atom. The van der Waals surface area contributed by atoms with Crippen LogP contribution < -0.4 is 10.6 Å². The molecule has 0 unspecified atom stereocenters. The largest absolute Gasteiger partial charge is 0.457 e. The molecule has 2 N–H and O–H groups in total. The van der Waals surface area contributed by atoms with Gasteiger partial charge in [-0.3, -0.25) is 4.79 Å². The van der Waals surface area contributed by atoms with Crippen LogP contribution in [-0.2, 0) is 12.8 Å². The van der Waals surface area contributed by atoms with Gasteiger partial charge in [0.05, 0.1) is 5.56 Å². The molecule has 0 radical (unpaired) electrons. The van der Waals surface area contributed by atoms with Gasteiger partial charge in [0.1, 0.15) is 16.5 Å². The number of nitrogens with one attached hydrogen (secondary N) is 2. The van der Waals surface area contributed by atoms with Crippen molar-refractivity contribution in [3.63, 3.8) is 0 Å². The van der Waals surface area contributed by atoms with Crippen LogP contribution in [0.4, 0.5) is 5.00 Å². The number of carbonyl (C=O) groups excluding carboxylic acids is 1. The molecule has 2 aromatic heterocycles. The molecular weight excluding hydrogens is 472 g/mol. The Kier molecular flexibility index (Phi) is 5.25. The highest BCUT2D eigenvalue weighted by Crippen LogP contribution is 2.47. The van der Waals surface area contributed by atoms with Gasteiger partial charge < -0.3 is 15.1 Å². The van der Waals surface area contributed by atoms with Gasteiger partial charge in [0.2, 0.25) is 0 Å². The van der Waals surface area contributed by atoms with E-state index in [9.17, 15) is 4.79 Å². The molecule has 6 heteroatoms. The van der Waals surface area contributed by atoms with Crippen molar-refractivity contribution in [3.8, 4) is 11.3 Å². The van der Waals surface area contributed by atoms with Crippen LogP contribution in [0.5, 0.6) is 0 Å². The maximum atomic E-state index is 13.1. The van der Waals surface area contributed by atoms with Crippen LogP contribution in [0.3, 0.4) is 0 Å². The molecule has 0 saturated carbocycles. The highest BCUT2D eigenvalue weighted by atomic mass is 79.9. The van der Waals surface area contributed by atoms with Crippen molar-refractivity contribution < 1.29 is 9.21 Å². The molecule has 1 aromatic carbocycles. The zero-order valence-corrected chi connectivity index (χ0v) is 20.5. The van der Waals surface area contributed by atoms with E-state index in [1.165, 1.54) is 16.9 Å². The summed E-state index contributed by atoms with van der Waals surface area (Å²) < 4.78 is 7.12. The first-order chi connectivity index (χ1) is 14.9. The smallest absolute Gasteiger partial charge is 0.256 e. The summed E-state index contributed by atoms with van der Waals surface area (Å²) in [6, 6.07) is 11.9. The molecule has 31 heavy (non-hydrogen) atoms. The van der Waals surface area contributed by atoms with E-state index in [-0.39, 0.29) is 12.1 Å². The highest BCUT2D eigenvalue weighted by molar-refractivity contribution is 9.10. The number of anilines is 1. The van der Waals surface area contributed by atoms with Gasteiger partial charge in [-0.25, -0.2) is 0 Å². The predicted octanol–water partition coefficient (Wildman–Crippen LogP) is 7.17. The minimum Gasteiger partial charge on any atom is -0.457 e. The molecule has 0 bridgehead atoms. The number of amides is 1. The van der Waals surface area contributed by atoms with Gasteiger partial charge in [-0.15, -0.1) is 11.3 Å². The van der Waals surface area contributed by atoms with Crippen LogP contribution in [0, 0.1) is 11.3 Å². The molecular formula is C25H27BrN2O2S. The fourth-order valence-corrected chi connectivity index (χ4v) is 6.45. The van der Waals surface area contributed by atoms with E-state index < -0.39 is 0 Å². The third kappa shape index (κ3) is 3.74. The maximum Gasteiger partial charge on any atom is 0.256 e. The molecule has 3 aromatic rings. The summed E-state index contributed by atoms with van der Waals surface area (Å²) in [6.45, 7) is 7.02. The fraction of sp³-hybridized carbons (Fsp3) is 0.400.